The van der Waals surface area contributed by atoms with E-state index >= 15 is 0 Å². The Bertz CT molecular complexity index is 1290. The van der Waals surface area contributed by atoms with Crippen LogP contribution in [0.1, 0.15) is 239 Å². The molecule has 65 heavy (non-hydrogen) atoms. The number of rotatable bonds is 45. The molecule has 4 N–H and O–H groups in total. The van der Waals surface area contributed by atoms with Crippen LogP contribution < -0.4 is 0 Å². The molecule has 0 bridgehead atoms. The van der Waals surface area contributed by atoms with Crippen LogP contribution >= 0.6 is 0 Å². The summed E-state index contributed by atoms with van der Waals surface area (Å²) >= 11 is 0. The topological polar surface area (TPSA) is 186 Å². The number of unbranched alkanes of at least 4 members (excludes halogenated alkanes) is 29. The minimum atomic E-state index is -4.60. The Morgan fingerprint density at radius 1 is 0.523 bits per heavy atom. The van der Waals surface area contributed by atoms with Crippen LogP contribution in [0.2, 0.25) is 0 Å². The number of hydrogen-bond acceptors (Lipinski definition) is 11. The van der Waals surface area contributed by atoms with Gasteiger partial charge in [-0.15, -0.1) is 0 Å². The zero-order valence-corrected chi connectivity index (χ0v) is 41.9. The Labute approximate surface area is 396 Å². The molecule has 1 aliphatic rings. The van der Waals surface area contributed by atoms with Crippen molar-refractivity contribution in [3.8, 4) is 0 Å². The smallest absolute Gasteiger partial charge is 0.306 e. The number of carbonyl (C=O) groups is 2. The molecule has 0 aromatic rings. The number of aliphatic hydroxyl groups excluding tert-OH is 3. The first-order chi connectivity index (χ1) is 31.5. The maximum absolute atomic E-state index is 12.9. The second kappa shape index (κ2) is 42.2. The lowest BCUT2D eigenvalue weighted by molar-refractivity contribution is -0.297. The zero-order valence-electron chi connectivity index (χ0n) is 41.1. The first-order valence-electron chi connectivity index (χ1n) is 26.4. The van der Waals surface area contributed by atoms with Crippen LogP contribution in [-0.4, -0.2) is 96.0 Å². The van der Waals surface area contributed by atoms with Gasteiger partial charge in [-0.05, 0) is 44.9 Å². The fourth-order valence-electron chi connectivity index (χ4n) is 8.18. The summed E-state index contributed by atoms with van der Waals surface area (Å²) in [7, 11) is -4.60. The third-order valence-corrected chi connectivity index (χ3v) is 13.0. The van der Waals surface area contributed by atoms with Gasteiger partial charge in [0.05, 0.1) is 6.61 Å². The molecule has 1 saturated heterocycles. The molecule has 6 unspecified atom stereocenters. The highest BCUT2D eigenvalue weighted by atomic mass is 32.2. The molecule has 0 saturated carbocycles. The van der Waals surface area contributed by atoms with Crippen molar-refractivity contribution in [2.24, 2.45) is 0 Å². The van der Waals surface area contributed by atoms with Crippen molar-refractivity contribution in [1.29, 1.82) is 0 Å². The molecule has 0 radical (unpaired) electrons. The average molecular weight is 945 g/mol. The van der Waals surface area contributed by atoms with Crippen LogP contribution in [0, 0.1) is 0 Å². The summed E-state index contributed by atoms with van der Waals surface area (Å²) in [6.07, 6.45) is 39.3. The Hall–Kier alpha value is -1.87. The van der Waals surface area contributed by atoms with E-state index in [4.69, 9.17) is 18.9 Å². The molecule has 1 heterocycles. The lowest BCUT2D eigenvalue weighted by Crippen LogP contribution is -2.60. The summed E-state index contributed by atoms with van der Waals surface area (Å²) in [6.45, 7) is 3.77. The van der Waals surface area contributed by atoms with E-state index in [1.165, 1.54) is 141 Å². The summed E-state index contributed by atoms with van der Waals surface area (Å²) in [4.78, 5) is 25.5. The van der Waals surface area contributed by atoms with Crippen LogP contribution in [0.15, 0.2) is 24.3 Å². The molecule has 0 spiro atoms. The molecule has 0 aromatic carbocycles. The number of aliphatic hydroxyl groups is 3. The third-order valence-electron chi connectivity index (χ3n) is 12.3. The average Bonchev–Trinajstić information content (AvgIpc) is 3.27. The molecule has 1 aliphatic heterocycles. The molecular formula is C52H96O12S. The fraction of sp³-hybridized carbons (Fsp3) is 0.885. The molecular weight excluding hydrogens is 849 g/mol. The summed E-state index contributed by atoms with van der Waals surface area (Å²) < 4.78 is 54.3. The maximum atomic E-state index is 12.9. The van der Waals surface area contributed by atoms with E-state index in [2.05, 4.69) is 38.2 Å². The van der Waals surface area contributed by atoms with Gasteiger partial charge in [0.2, 0.25) is 0 Å². The molecule has 0 aliphatic carbocycles. The van der Waals surface area contributed by atoms with Crippen molar-refractivity contribution in [3.05, 3.63) is 24.3 Å². The quantitative estimate of drug-likeness (QED) is 0.0196. The lowest BCUT2D eigenvalue weighted by Gasteiger charge is -2.40. The summed E-state index contributed by atoms with van der Waals surface area (Å²) in [5, 5.41) is 31.0. The third kappa shape index (κ3) is 36.8. The van der Waals surface area contributed by atoms with Gasteiger partial charge in [0, 0.05) is 12.8 Å². The van der Waals surface area contributed by atoms with Crippen LogP contribution in [0.5, 0.6) is 0 Å². The van der Waals surface area contributed by atoms with Gasteiger partial charge in [-0.1, -0.05) is 205 Å². The van der Waals surface area contributed by atoms with E-state index in [9.17, 15) is 37.9 Å². The molecule has 0 amide bonds. The monoisotopic (exact) mass is 945 g/mol. The van der Waals surface area contributed by atoms with Gasteiger partial charge < -0.3 is 34.3 Å². The van der Waals surface area contributed by atoms with Crippen molar-refractivity contribution in [2.45, 2.75) is 275 Å². The van der Waals surface area contributed by atoms with Crippen molar-refractivity contribution < 1.29 is 56.8 Å². The highest BCUT2D eigenvalue weighted by molar-refractivity contribution is 7.85. The van der Waals surface area contributed by atoms with Gasteiger partial charge in [-0.25, -0.2) is 0 Å². The first-order valence-corrected chi connectivity index (χ1v) is 28.0. The van der Waals surface area contributed by atoms with Crippen LogP contribution in [0.4, 0.5) is 0 Å². The molecule has 13 heteroatoms. The standard InChI is InChI=1S/C52H96O12S/c1-3-5-7-9-11-13-15-17-19-21-22-23-25-26-28-30-32-34-36-38-40-47(53)61-42-45(43-62-52-51(57)50(56)49(55)46(64-52)44-65(58,59)60)63-48(54)41-39-37-35-33-31-29-27-24-20-18-16-14-12-10-8-6-4-2/h12,14,18,20,45-46,49-52,55-57H,3-11,13,15-17,19,21-44H2,1-2H3,(H,58,59,60)/b14-12-,20-18-. The van der Waals surface area contributed by atoms with Crippen LogP contribution in [-0.2, 0) is 38.7 Å². The highest BCUT2D eigenvalue weighted by Crippen LogP contribution is 2.24. The molecule has 382 valence electrons. The molecule has 6 atom stereocenters. The summed E-state index contributed by atoms with van der Waals surface area (Å²) in [6, 6.07) is 0. The van der Waals surface area contributed by atoms with E-state index < -0.39 is 71.2 Å². The summed E-state index contributed by atoms with van der Waals surface area (Å²) in [5.41, 5.74) is 0. The van der Waals surface area contributed by atoms with Gasteiger partial charge in [0.1, 0.15) is 36.8 Å². The van der Waals surface area contributed by atoms with Crippen LogP contribution in [0.25, 0.3) is 0 Å². The van der Waals surface area contributed by atoms with E-state index in [1.54, 1.807) is 0 Å². The van der Waals surface area contributed by atoms with E-state index in [0.717, 1.165) is 57.8 Å². The largest absolute Gasteiger partial charge is 0.462 e. The first kappa shape index (κ1) is 61.1. The zero-order chi connectivity index (χ0) is 47.6. The summed E-state index contributed by atoms with van der Waals surface area (Å²) in [5.74, 6) is -1.98. The molecule has 1 rings (SSSR count). The van der Waals surface area contributed by atoms with Crippen LogP contribution in [0.3, 0.4) is 0 Å². The molecule has 12 nitrogen and oxygen atoms in total. The lowest BCUT2D eigenvalue weighted by atomic mass is 10.00. The van der Waals surface area contributed by atoms with E-state index in [-0.39, 0.29) is 19.4 Å². The van der Waals surface area contributed by atoms with Crippen molar-refractivity contribution in [2.75, 3.05) is 19.0 Å². The number of ether oxygens (including phenoxy) is 4. The van der Waals surface area contributed by atoms with Crippen molar-refractivity contribution in [1.82, 2.24) is 0 Å². The number of allylic oxidation sites excluding steroid dienone is 4. The number of esters is 2. The van der Waals surface area contributed by atoms with Gasteiger partial charge in [-0.3, -0.25) is 14.1 Å². The second-order valence-electron chi connectivity index (χ2n) is 18.5. The van der Waals surface area contributed by atoms with E-state index in [0.29, 0.717) is 12.8 Å². The van der Waals surface area contributed by atoms with E-state index in [1.807, 2.05) is 0 Å². The van der Waals surface area contributed by atoms with Gasteiger partial charge in [0.15, 0.2) is 12.4 Å². The normalized spacial score (nSPS) is 19.6. The molecule has 1 fully saturated rings. The van der Waals surface area contributed by atoms with Gasteiger partial charge >= 0.3 is 11.9 Å². The Kier molecular flexibility index (Phi) is 39.7. The predicted octanol–water partition coefficient (Wildman–Crippen LogP) is 12.0. The second-order valence-corrected chi connectivity index (χ2v) is 20.0. The van der Waals surface area contributed by atoms with Crippen molar-refractivity contribution >= 4 is 22.1 Å². The minimum Gasteiger partial charge on any atom is -0.462 e. The SMILES string of the molecule is CCCCC/C=C\C/C=C\CCCCCCCCCC(=O)OC(COC(=O)CCCCCCCCCCCCCCCCCCCCCC)COC1OC(CS(=O)(=O)O)C(O)C(O)C1O. The maximum Gasteiger partial charge on any atom is 0.306 e. The Balaban J connectivity index is 2.35. The van der Waals surface area contributed by atoms with Gasteiger partial charge in [0.25, 0.3) is 10.1 Å². The predicted molar refractivity (Wildman–Crippen MR) is 261 cm³/mol. The Morgan fingerprint density at radius 2 is 0.923 bits per heavy atom. The minimum absolute atomic E-state index is 0.158. The Morgan fingerprint density at radius 3 is 1.38 bits per heavy atom. The van der Waals surface area contributed by atoms with Gasteiger partial charge in [-0.2, -0.15) is 8.42 Å². The number of carbonyl (C=O) groups excluding carboxylic acids is 2. The molecule has 0 aromatic heterocycles. The fourth-order valence-corrected chi connectivity index (χ4v) is 8.87. The highest BCUT2D eigenvalue weighted by Gasteiger charge is 2.46. The van der Waals surface area contributed by atoms with Crippen molar-refractivity contribution in [3.63, 3.8) is 0 Å². The number of hydrogen-bond donors (Lipinski definition) is 4.